The Bertz CT molecular complexity index is 1320. The monoisotopic (exact) mass is 483 g/mol. The summed E-state index contributed by atoms with van der Waals surface area (Å²) in [5.41, 5.74) is -2.61. The van der Waals surface area contributed by atoms with Gasteiger partial charge in [-0.25, -0.2) is 9.07 Å². The van der Waals surface area contributed by atoms with Crippen molar-refractivity contribution in [3.63, 3.8) is 0 Å². The van der Waals surface area contributed by atoms with Crippen molar-refractivity contribution in [2.45, 2.75) is 12.4 Å². The molecule has 0 aliphatic carbocycles. The van der Waals surface area contributed by atoms with Crippen molar-refractivity contribution in [2.75, 3.05) is 5.32 Å². The molecule has 0 fully saturated rings. The Hall–Kier alpha value is -4.09. The molecule has 0 spiro atoms. The number of alkyl halides is 6. The summed E-state index contributed by atoms with van der Waals surface area (Å²) in [7, 11) is 0. The van der Waals surface area contributed by atoms with E-state index in [2.05, 4.69) is 10.4 Å². The number of amides is 1. The van der Waals surface area contributed by atoms with E-state index in [0.717, 1.165) is 28.9 Å². The molecule has 0 radical (unpaired) electrons. The lowest BCUT2D eigenvalue weighted by molar-refractivity contribution is -0.138. The van der Waals surface area contributed by atoms with E-state index in [1.54, 1.807) is 6.07 Å². The third-order valence-corrected chi connectivity index (χ3v) is 4.65. The molecule has 0 aliphatic rings. The van der Waals surface area contributed by atoms with Gasteiger partial charge in [-0.1, -0.05) is 0 Å². The standard InChI is InChI=1S/C22H12F7N3O2/c23-15-9-12(8-14(10-15)22(27,28)29)20(33)30-19-11-17(18-2-1-7-34-18)31-32(19)16-5-3-13(4-6-16)21(24,25)26/h1-11H,(H,30,33). The Morgan fingerprint density at radius 3 is 2.15 bits per heavy atom. The van der Waals surface area contributed by atoms with Gasteiger partial charge in [-0.05, 0) is 54.6 Å². The first-order chi connectivity index (χ1) is 15.9. The second-order valence-corrected chi connectivity index (χ2v) is 7.03. The van der Waals surface area contributed by atoms with Crippen LogP contribution in [-0.2, 0) is 12.4 Å². The molecule has 34 heavy (non-hydrogen) atoms. The van der Waals surface area contributed by atoms with Crippen LogP contribution in [0.3, 0.4) is 0 Å². The molecule has 1 N–H and O–H groups in total. The molecule has 2 heterocycles. The highest BCUT2D eigenvalue weighted by atomic mass is 19.4. The fourth-order valence-electron chi connectivity index (χ4n) is 3.08. The Kier molecular flexibility index (Phi) is 5.67. The molecule has 4 aromatic rings. The van der Waals surface area contributed by atoms with E-state index in [9.17, 15) is 35.5 Å². The van der Waals surface area contributed by atoms with E-state index in [0.29, 0.717) is 12.1 Å². The van der Waals surface area contributed by atoms with Crippen molar-refractivity contribution in [3.05, 3.63) is 89.4 Å². The Balaban J connectivity index is 1.73. The van der Waals surface area contributed by atoms with Crippen LogP contribution in [0.1, 0.15) is 21.5 Å². The zero-order valence-corrected chi connectivity index (χ0v) is 16.7. The predicted octanol–water partition coefficient (Wildman–Crippen LogP) is 6.56. The molecule has 0 saturated heterocycles. The van der Waals surface area contributed by atoms with Crippen molar-refractivity contribution < 1.29 is 39.9 Å². The van der Waals surface area contributed by atoms with Crippen molar-refractivity contribution >= 4 is 11.7 Å². The predicted molar refractivity (Wildman–Crippen MR) is 106 cm³/mol. The second kappa shape index (κ2) is 8.36. The average Bonchev–Trinajstić information content (AvgIpc) is 3.42. The zero-order chi connectivity index (χ0) is 24.7. The third kappa shape index (κ3) is 4.80. The first kappa shape index (κ1) is 23.1. The smallest absolute Gasteiger partial charge is 0.416 e. The fourth-order valence-corrected chi connectivity index (χ4v) is 3.08. The highest BCUT2D eigenvalue weighted by molar-refractivity contribution is 6.04. The molecule has 0 bridgehead atoms. The molecule has 0 atom stereocenters. The minimum Gasteiger partial charge on any atom is -0.463 e. The maximum Gasteiger partial charge on any atom is 0.416 e. The summed E-state index contributed by atoms with van der Waals surface area (Å²) >= 11 is 0. The summed E-state index contributed by atoms with van der Waals surface area (Å²) in [6, 6.07) is 9.54. The number of rotatable bonds is 4. The number of nitrogens with zero attached hydrogens (tertiary/aromatic N) is 2. The summed E-state index contributed by atoms with van der Waals surface area (Å²) in [6.45, 7) is 0. The maximum atomic E-state index is 13.7. The van der Waals surface area contributed by atoms with E-state index >= 15 is 0 Å². The van der Waals surface area contributed by atoms with Gasteiger partial charge in [-0.15, -0.1) is 0 Å². The number of benzene rings is 2. The SMILES string of the molecule is O=C(Nc1cc(-c2ccco2)nn1-c1ccc(C(F)(F)F)cc1)c1cc(F)cc(C(F)(F)F)c1. The quantitative estimate of drug-likeness (QED) is 0.335. The summed E-state index contributed by atoms with van der Waals surface area (Å²) < 4.78 is 97.7. The molecule has 4 rings (SSSR count). The minimum atomic E-state index is -4.88. The van der Waals surface area contributed by atoms with Gasteiger partial charge in [-0.3, -0.25) is 4.79 Å². The van der Waals surface area contributed by atoms with Crippen molar-refractivity contribution in [1.29, 1.82) is 0 Å². The molecule has 0 aliphatic heterocycles. The third-order valence-electron chi connectivity index (χ3n) is 4.65. The topological polar surface area (TPSA) is 60.1 Å². The van der Waals surface area contributed by atoms with Gasteiger partial charge in [-0.2, -0.15) is 31.4 Å². The summed E-state index contributed by atoms with van der Waals surface area (Å²) in [5.74, 6) is -2.21. The molecular formula is C22H12F7N3O2. The van der Waals surface area contributed by atoms with Gasteiger partial charge < -0.3 is 9.73 Å². The lowest BCUT2D eigenvalue weighted by Crippen LogP contribution is -2.17. The minimum absolute atomic E-state index is 0.103. The summed E-state index contributed by atoms with van der Waals surface area (Å²) in [6.07, 6.45) is -8.12. The molecule has 1 amide bonds. The maximum absolute atomic E-state index is 13.7. The number of nitrogens with one attached hydrogen (secondary N) is 1. The van der Waals surface area contributed by atoms with Crippen molar-refractivity contribution in [3.8, 4) is 17.1 Å². The van der Waals surface area contributed by atoms with Crippen molar-refractivity contribution in [1.82, 2.24) is 9.78 Å². The highest BCUT2D eigenvalue weighted by Gasteiger charge is 2.32. The average molecular weight is 483 g/mol. The van der Waals surface area contributed by atoms with Gasteiger partial charge >= 0.3 is 12.4 Å². The van der Waals surface area contributed by atoms with Gasteiger partial charge in [0, 0.05) is 11.6 Å². The molecule has 2 aromatic heterocycles. The fraction of sp³-hybridized carbons (Fsp3) is 0.0909. The van der Waals surface area contributed by atoms with E-state index in [4.69, 9.17) is 4.42 Å². The van der Waals surface area contributed by atoms with Crippen LogP contribution in [0.2, 0.25) is 0 Å². The summed E-state index contributed by atoms with van der Waals surface area (Å²) in [4.78, 5) is 12.7. The van der Waals surface area contributed by atoms with Crippen LogP contribution in [0.4, 0.5) is 36.6 Å². The molecule has 5 nitrogen and oxygen atoms in total. The zero-order valence-electron chi connectivity index (χ0n) is 16.7. The number of anilines is 1. The highest BCUT2D eigenvalue weighted by Crippen LogP contribution is 2.32. The van der Waals surface area contributed by atoms with Crippen molar-refractivity contribution in [2.24, 2.45) is 0 Å². The Morgan fingerprint density at radius 2 is 1.56 bits per heavy atom. The molecule has 12 heteroatoms. The molecule has 0 saturated carbocycles. The van der Waals surface area contributed by atoms with Crippen LogP contribution in [0.5, 0.6) is 0 Å². The Labute approximate surface area is 186 Å². The van der Waals surface area contributed by atoms with Crippen LogP contribution in [-0.4, -0.2) is 15.7 Å². The molecular weight excluding hydrogens is 471 g/mol. The van der Waals surface area contributed by atoms with Crippen LogP contribution in [0.15, 0.2) is 71.3 Å². The van der Waals surface area contributed by atoms with Gasteiger partial charge in [0.25, 0.3) is 5.91 Å². The lowest BCUT2D eigenvalue weighted by Gasteiger charge is -2.12. The van der Waals surface area contributed by atoms with Crippen LogP contribution in [0, 0.1) is 5.82 Å². The molecule has 0 unspecified atom stereocenters. The number of carbonyl (C=O) groups is 1. The molecule has 176 valence electrons. The number of furan rings is 1. The largest absolute Gasteiger partial charge is 0.463 e. The van der Waals surface area contributed by atoms with Gasteiger partial charge in [0.05, 0.1) is 23.1 Å². The number of carbonyl (C=O) groups excluding carboxylic acids is 1. The van der Waals surface area contributed by atoms with Crippen LogP contribution in [0.25, 0.3) is 17.1 Å². The number of hydrogen-bond acceptors (Lipinski definition) is 3. The van der Waals surface area contributed by atoms with E-state index < -0.39 is 40.8 Å². The van der Waals surface area contributed by atoms with Crippen LogP contribution >= 0.6 is 0 Å². The van der Waals surface area contributed by atoms with E-state index in [1.807, 2.05) is 0 Å². The first-order valence-electron chi connectivity index (χ1n) is 9.42. The van der Waals surface area contributed by atoms with Gasteiger partial charge in [0.15, 0.2) is 5.76 Å². The second-order valence-electron chi connectivity index (χ2n) is 7.03. The van der Waals surface area contributed by atoms with Crippen LogP contribution < -0.4 is 5.32 Å². The summed E-state index contributed by atoms with van der Waals surface area (Å²) in [5, 5.41) is 6.53. The first-order valence-corrected chi connectivity index (χ1v) is 9.42. The van der Waals surface area contributed by atoms with Gasteiger partial charge in [0.1, 0.15) is 17.3 Å². The normalized spacial score (nSPS) is 12.1. The van der Waals surface area contributed by atoms with E-state index in [-0.39, 0.29) is 29.0 Å². The number of hydrogen-bond donors (Lipinski definition) is 1. The van der Waals surface area contributed by atoms with E-state index in [1.165, 1.54) is 18.4 Å². The number of halogens is 7. The van der Waals surface area contributed by atoms with Gasteiger partial charge in [0.2, 0.25) is 0 Å². The molecule has 2 aromatic carbocycles. The Morgan fingerprint density at radius 1 is 0.882 bits per heavy atom. The number of aromatic nitrogens is 2. The lowest BCUT2D eigenvalue weighted by atomic mass is 10.1.